The molecule has 1 heterocycles. The Morgan fingerprint density at radius 2 is 1.88 bits per heavy atom. The molecule has 0 unspecified atom stereocenters. The predicted octanol–water partition coefficient (Wildman–Crippen LogP) is 1.49. The minimum Gasteiger partial charge on any atom is -0.481 e. The third-order valence-electron chi connectivity index (χ3n) is 4.23. The number of carbonyl (C=O) groups is 2. The molecule has 0 saturated carbocycles. The average molecular weight is 385 g/mol. The number of piperidine rings is 1. The summed E-state index contributed by atoms with van der Waals surface area (Å²) in [6.07, 6.45) is 0.522. The van der Waals surface area contributed by atoms with E-state index in [2.05, 4.69) is 0 Å². The first-order valence-corrected chi connectivity index (χ1v) is 9.76. The number of hydrogen-bond acceptors (Lipinski definition) is 6. The molecule has 1 aliphatic rings. The van der Waals surface area contributed by atoms with Gasteiger partial charge in [-0.25, -0.2) is 13.2 Å². The summed E-state index contributed by atoms with van der Waals surface area (Å²) < 4.78 is 37.1. The highest BCUT2D eigenvalue weighted by atomic mass is 32.2. The third-order valence-corrected chi connectivity index (χ3v) is 6.11. The molecule has 0 bridgehead atoms. The second-order valence-electron chi connectivity index (χ2n) is 6.04. The molecular weight excluding hydrogens is 362 g/mol. The molecule has 2 rings (SSSR count). The quantitative estimate of drug-likeness (QED) is 0.708. The van der Waals surface area contributed by atoms with Gasteiger partial charge in [-0.05, 0) is 43.5 Å². The van der Waals surface area contributed by atoms with Crippen LogP contribution in [0.15, 0.2) is 23.1 Å². The van der Waals surface area contributed by atoms with Crippen molar-refractivity contribution in [3.8, 4) is 0 Å². The molecule has 144 valence electrons. The van der Waals surface area contributed by atoms with Gasteiger partial charge in [-0.3, -0.25) is 4.79 Å². The summed E-state index contributed by atoms with van der Waals surface area (Å²) in [5.74, 6) is -2.04. The van der Waals surface area contributed by atoms with Crippen LogP contribution in [-0.4, -0.2) is 56.6 Å². The Kier molecular flexibility index (Phi) is 6.74. The van der Waals surface area contributed by atoms with Gasteiger partial charge < -0.3 is 14.6 Å². The van der Waals surface area contributed by atoms with Crippen LogP contribution in [0, 0.1) is 5.92 Å². The SMILES string of the molecule is CCOC(=O)c1cc(COC)cc(S(=O)(=O)N2CCC(C(=O)O)CC2)c1. The average Bonchev–Trinajstić information content (AvgIpc) is 2.62. The van der Waals surface area contributed by atoms with E-state index < -0.39 is 27.9 Å². The maximum atomic E-state index is 12.9. The third kappa shape index (κ3) is 4.60. The van der Waals surface area contributed by atoms with Gasteiger partial charge in [0.15, 0.2) is 0 Å². The molecule has 1 saturated heterocycles. The van der Waals surface area contributed by atoms with E-state index in [1.54, 1.807) is 6.92 Å². The van der Waals surface area contributed by atoms with E-state index in [-0.39, 0.29) is 49.6 Å². The molecule has 26 heavy (non-hydrogen) atoms. The summed E-state index contributed by atoms with van der Waals surface area (Å²) in [5.41, 5.74) is 0.678. The van der Waals surface area contributed by atoms with E-state index in [1.807, 2.05) is 0 Å². The van der Waals surface area contributed by atoms with Crippen LogP contribution in [0.4, 0.5) is 0 Å². The number of sulfonamides is 1. The minimum atomic E-state index is -3.85. The first kappa shape index (κ1) is 20.3. The van der Waals surface area contributed by atoms with Crippen LogP contribution < -0.4 is 0 Å². The second-order valence-corrected chi connectivity index (χ2v) is 7.97. The number of ether oxygens (including phenoxy) is 2. The van der Waals surface area contributed by atoms with E-state index in [0.717, 1.165) is 0 Å². The highest BCUT2D eigenvalue weighted by Crippen LogP contribution is 2.26. The van der Waals surface area contributed by atoms with Crippen molar-refractivity contribution in [2.75, 3.05) is 26.8 Å². The Labute approximate surface area is 152 Å². The van der Waals surface area contributed by atoms with Crippen LogP contribution in [0.5, 0.6) is 0 Å². The van der Waals surface area contributed by atoms with Crippen LogP contribution >= 0.6 is 0 Å². The number of methoxy groups -OCH3 is 1. The van der Waals surface area contributed by atoms with E-state index >= 15 is 0 Å². The standard InChI is InChI=1S/C17H23NO7S/c1-3-25-17(21)14-8-12(11-24-2)9-15(10-14)26(22,23)18-6-4-13(5-7-18)16(19)20/h8-10,13H,3-7,11H2,1-2H3,(H,19,20). The van der Waals surface area contributed by atoms with Crippen molar-refractivity contribution in [2.45, 2.75) is 31.3 Å². The number of nitrogens with zero attached hydrogens (tertiary/aromatic N) is 1. The zero-order valence-corrected chi connectivity index (χ0v) is 15.6. The lowest BCUT2D eigenvalue weighted by Gasteiger charge is -2.29. The number of rotatable bonds is 7. The first-order chi connectivity index (χ1) is 12.3. The molecule has 0 amide bonds. The van der Waals surface area contributed by atoms with Crippen molar-refractivity contribution in [2.24, 2.45) is 5.92 Å². The molecular formula is C17H23NO7S. The van der Waals surface area contributed by atoms with Crippen LogP contribution in [-0.2, 0) is 30.9 Å². The van der Waals surface area contributed by atoms with Crippen LogP contribution in [0.3, 0.4) is 0 Å². The number of carbonyl (C=O) groups excluding carboxylic acids is 1. The van der Waals surface area contributed by atoms with Crippen molar-refractivity contribution >= 4 is 22.0 Å². The van der Waals surface area contributed by atoms with Gasteiger partial charge in [-0.2, -0.15) is 4.31 Å². The summed E-state index contributed by atoms with van der Waals surface area (Å²) in [6, 6.07) is 4.29. The first-order valence-electron chi connectivity index (χ1n) is 8.32. The van der Waals surface area contributed by atoms with Gasteiger partial charge in [-0.1, -0.05) is 0 Å². The molecule has 0 atom stereocenters. The molecule has 8 nitrogen and oxygen atoms in total. The van der Waals surface area contributed by atoms with Gasteiger partial charge in [0.05, 0.1) is 29.6 Å². The minimum absolute atomic E-state index is 0.0242. The molecule has 0 spiro atoms. The Morgan fingerprint density at radius 3 is 2.42 bits per heavy atom. The fourth-order valence-corrected chi connectivity index (χ4v) is 4.45. The number of hydrogen-bond donors (Lipinski definition) is 1. The Balaban J connectivity index is 2.33. The van der Waals surface area contributed by atoms with E-state index in [9.17, 15) is 18.0 Å². The molecule has 1 aromatic rings. The Morgan fingerprint density at radius 1 is 1.23 bits per heavy atom. The summed E-state index contributed by atoms with van der Waals surface area (Å²) in [4.78, 5) is 23.1. The second kappa shape index (κ2) is 8.61. The topological polar surface area (TPSA) is 110 Å². The number of benzene rings is 1. The molecule has 1 aromatic carbocycles. The van der Waals surface area contributed by atoms with Gasteiger partial charge in [0.1, 0.15) is 0 Å². The maximum Gasteiger partial charge on any atom is 0.338 e. The molecule has 1 fully saturated rings. The van der Waals surface area contributed by atoms with Crippen molar-refractivity contribution in [3.63, 3.8) is 0 Å². The van der Waals surface area contributed by atoms with Gasteiger partial charge >= 0.3 is 11.9 Å². The fraction of sp³-hybridized carbons (Fsp3) is 0.529. The zero-order valence-electron chi connectivity index (χ0n) is 14.8. The highest BCUT2D eigenvalue weighted by molar-refractivity contribution is 7.89. The smallest absolute Gasteiger partial charge is 0.338 e. The van der Waals surface area contributed by atoms with Gasteiger partial charge in [0.2, 0.25) is 10.0 Å². The van der Waals surface area contributed by atoms with Gasteiger partial charge in [-0.15, -0.1) is 0 Å². The van der Waals surface area contributed by atoms with Crippen molar-refractivity contribution in [3.05, 3.63) is 29.3 Å². The molecule has 9 heteroatoms. The normalized spacial score (nSPS) is 16.4. The van der Waals surface area contributed by atoms with Crippen molar-refractivity contribution < 1.29 is 32.6 Å². The number of esters is 1. The lowest BCUT2D eigenvalue weighted by atomic mass is 9.99. The van der Waals surface area contributed by atoms with Crippen molar-refractivity contribution in [1.29, 1.82) is 0 Å². The molecule has 0 radical (unpaired) electrons. The van der Waals surface area contributed by atoms with Crippen LogP contribution in [0.2, 0.25) is 0 Å². The van der Waals surface area contributed by atoms with E-state index in [4.69, 9.17) is 14.6 Å². The summed E-state index contributed by atoms with van der Waals surface area (Å²) in [5, 5.41) is 9.05. The zero-order chi connectivity index (χ0) is 19.3. The molecule has 1 N–H and O–H groups in total. The Bertz CT molecular complexity index is 767. The summed E-state index contributed by atoms with van der Waals surface area (Å²) in [7, 11) is -2.37. The van der Waals surface area contributed by atoms with Gasteiger partial charge in [0, 0.05) is 20.2 Å². The monoisotopic (exact) mass is 385 g/mol. The highest BCUT2D eigenvalue weighted by Gasteiger charge is 2.32. The molecule has 1 aliphatic heterocycles. The molecule has 0 aliphatic carbocycles. The number of carboxylic acids is 1. The Hall–Kier alpha value is -1.97. The predicted molar refractivity (Wildman–Crippen MR) is 92.2 cm³/mol. The lowest BCUT2D eigenvalue weighted by Crippen LogP contribution is -2.40. The number of carboxylic acid groups (broad SMARTS) is 1. The van der Waals surface area contributed by atoms with E-state index in [0.29, 0.717) is 5.56 Å². The summed E-state index contributed by atoms with van der Waals surface area (Å²) in [6.45, 7) is 2.25. The molecule has 0 aromatic heterocycles. The summed E-state index contributed by atoms with van der Waals surface area (Å²) >= 11 is 0. The van der Waals surface area contributed by atoms with Crippen LogP contribution in [0.1, 0.15) is 35.7 Å². The largest absolute Gasteiger partial charge is 0.481 e. The van der Waals surface area contributed by atoms with E-state index in [1.165, 1.54) is 29.6 Å². The number of aliphatic carboxylic acids is 1. The van der Waals surface area contributed by atoms with Crippen molar-refractivity contribution in [1.82, 2.24) is 4.31 Å². The van der Waals surface area contributed by atoms with Gasteiger partial charge in [0.25, 0.3) is 0 Å². The van der Waals surface area contributed by atoms with Crippen LogP contribution in [0.25, 0.3) is 0 Å². The maximum absolute atomic E-state index is 12.9. The lowest BCUT2D eigenvalue weighted by molar-refractivity contribution is -0.142. The fourth-order valence-electron chi connectivity index (χ4n) is 2.88.